The Morgan fingerprint density at radius 3 is 2.50 bits per heavy atom. The van der Waals surface area contributed by atoms with Gasteiger partial charge in [0.05, 0.1) is 5.54 Å². The van der Waals surface area contributed by atoms with Gasteiger partial charge in [-0.05, 0) is 46.5 Å². The summed E-state index contributed by atoms with van der Waals surface area (Å²) < 4.78 is 2.11. The van der Waals surface area contributed by atoms with Crippen LogP contribution in [0.15, 0.2) is 0 Å². The van der Waals surface area contributed by atoms with Crippen molar-refractivity contribution in [1.82, 2.24) is 9.78 Å². The van der Waals surface area contributed by atoms with Crippen LogP contribution in [0.25, 0.3) is 0 Å². The van der Waals surface area contributed by atoms with Gasteiger partial charge in [-0.25, -0.2) is 0 Å². The van der Waals surface area contributed by atoms with Crippen LogP contribution in [0.2, 0.25) is 0 Å². The van der Waals surface area contributed by atoms with Crippen molar-refractivity contribution in [2.45, 2.75) is 52.0 Å². The predicted octanol–water partition coefficient (Wildman–Crippen LogP) is 2.10. The number of hydrogen-bond acceptors (Lipinski definition) is 2. The molecule has 0 atom stereocenters. The molecule has 0 bridgehead atoms. The van der Waals surface area contributed by atoms with Crippen LogP contribution in [0.3, 0.4) is 0 Å². The maximum atomic E-state index is 5.93. The van der Waals surface area contributed by atoms with Crippen molar-refractivity contribution in [3.05, 3.63) is 11.3 Å². The van der Waals surface area contributed by atoms with Gasteiger partial charge in [0, 0.05) is 11.3 Å². The molecule has 14 heavy (non-hydrogen) atoms. The second kappa shape index (κ2) is 3.01. The molecule has 1 aliphatic rings. The number of hydrogen-bond donors (Lipinski definition) is 1. The summed E-state index contributed by atoms with van der Waals surface area (Å²) >= 11 is 0. The van der Waals surface area contributed by atoms with E-state index in [9.17, 15) is 0 Å². The summed E-state index contributed by atoms with van der Waals surface area (Å²) in [5.41, 5.74) is 8.64. The van der Waals surface area contributed by atoms with Crippen molar-refractivity contribution in [1.29, 1.82) is 0 Å². The molecule has 1 aromatic heterocycles. The SMILES string of the molecule is CC(C)(C)n1nc(N)c2c1CCCC2. The van der Waals surface area contributed by atoms with Gasteiger partial charge in [-0.1, -0.05) is 0 Å². The summed E-state index contributed by atoms with van der Waals surface area (Å²) in [6, 6.07) is 0. The molecule has 0 aromatic carbocycles. The van der Waals surface area contributed by atoms with Crippen molar-refractivity contribution in [3.63, 3.8) is 0 Å². The first-order valence-electron chi connectivity index (χ1n) is 5.37. The van der Waals surface area contributed by atoms with Gasteiger partial charge in [0.1, 0.15) is 5.82 Å². The van der Waals surface area contributed by atoms with Crippen molar-refractivity contribution in [2.75, 3.05) is 5.73 Å². The highest BCUT2D eigenvalue weighted by Crippen LogP contribution is 2.29. The molecule has 2 N–H and O–H groups in total. The Bertz CT molecular complexity index is 344. The number of nitrogens with two attached hydrogens (primary N) is 1. The van der Waals surface area contributed by atoms with Gasteiger partial charge in [-0.3, -0.25) is 4.68 Å². The van der Waals surface area contributed by atoms with E-state index in [1.165, 1.54) is 24.1 Å². The summed E-state index contributed by atoms with van der Waals surface area (Å²) in [5, 5.41) is 4.46. The zero-order valence-corrected chi connectivity index (χ0v) is 9.30. The van der Waals surface area contributed by atoms with E-state index in [1.807, 2.05) is 0 Å². The number of anilines is 1. The van der Waals surface area contributed by atoms with Crippen LogP contribution in [0.5, 0.6) is 0 Å². The minimum absolute atomic E-state index is 0.0546. The molecular formula is C11H19N3. The molecule has 0 spiro atoms. The minimum Gasteiger partial charge on any atom is -0.382 e. The third-order valence-corrected chi connectivity index (χ3v) is 2.85. The van der Waals surface area contributed by atoms with Crippen molar-refractivity contribution >= 4 is 5.82 Å². The quantitative estimate of drug-likeness (QED) is 0.685. The molecule has 0 saturated heterocycles. The van der Waals surface area contributed by atoms with Crippen LogP contribution in [-0.2, 0) is 18.4 Å². The molecule has 0 unspecified atom stereocenters. The lowest BCUT2D eigenvalue weighted by atomic mass is 9.96. The van der Waals surface area contributed by atoms with Gasteiger partial charge >= 0.3 is 0 Å². The average Bonchev–Trinajstić information content (AvgIpc) is 2.44. The van der Waals surface area contributed by atoms with Crippen LogP contribution in [-0.4, -0.2) is 9.78 Å². The smallest absolute Gasteiger partial charge is 0.148 e. The molecule has 1 aliphatic carbocycles. The van der Waals surface area contributed by atoms with E-state index in [0.29, 0.717) is 0 Å². The molecule has 3 heteroatoms. The van der Waals surface area contributed by atoms with Crippen LogP contribution in [0.4, 0.5) is 5.82 Å². The van der Waals surface area contributed by atoms with Crippen LogP contribution in [0.1, 0.15) is 44.9 Å². The van der Waals surface area contributed by atoms with Crippen molar-refractivity contribution in [3.8, 4) is 0 Å². The minimum atomic E-state index is 0.0546. The van der Waals surface area contributed by atoms with E-state index < -0.39 is 0 Å². The van der Waals surface area contributed by atoms with Crippen LogP contribution < -0.4 is 5.73 Å². The number of rotatable bonds is 0. The van der Waals surface area contributed by atoms with E-state index >= 15 is 0 Å². The number of nitrogens with zero attached hydrogens (tertiary/aromatic N) is 2. The van der Waals surface area contributed by atoms with E-state index in [-0.39, 0.29) is 5.54 Å². The van der Waals surface area contributed by atoms with Crippen LogP contribution in [0, 0.1) is 0 Å². The van der Waals surface area contributed by atoms with Gasteiger partial charge in [-0.2, -0.15) is 5.10 Å². The first-order chi connectivity index (χ1) is 6.50. The lowest BCUT2D eigenvalue weighted by molar-refractivity contribution is 0.340. The number of fused-ring (bicyclic) bond motifs is 1. The van der Waals surface area contributed by atoms with Gasteiger partial charge in [0.25, 0.3) is 0 Å². The number of aromatic nitrogens is 2. The van der Waals surface area contributed by atoms with Crippen molar-refractivity contribution in [2.24, 2.45) is 0 Å². The Kier molecular flexibility index (Phi) is 2.05. The van der Waals surface area contributed by atoms with Gasteiger partial charge in [-0.15, -0.1) is 0 Å². The maximum Gasteiger partial charge on any atom is 0.148 e. The van der Waals surface area contributed by atoms with Gasteiger partial charge < -0.3 is 5.73 Å². The maximum absolute atomic E-state index is 5.93. The Morgan fingerprint density at radius 1 is 1.21 bits per heavy atom. The third kappa shape index (κ3) is 1.41. The summed E-state index contributed by atoms with van der Waals surface area (Å²) in [6.07, 6.45) is 4.77. The summed E-state index contributed by atoms with van der Waals surface area (Å²) in [6.45, 7) is 6.52. The highest BCUT2D eigenvalue weighted by Gasteiger charge is 2.25. The van der Waals surface area contributed by atoms with E-state index in [2.05, 4.69) is 30.6 Å². The lowest BCUT2D eigenvalue weighted by Crippen LogP contribution is -2.26. The first-order valence-corrected chi connectivity index (χ1v) is 5.37. The van der Waals surface area contributed by atoms with Crippen molar-refractivity contribution < 1.29 is 0 Å². The summed E-state index contributed by atoms with van der Waals surface area (Å²) in [7, 11) is 0. The molecule has 3 nitrogen and oxygen atoms in total. The Balaban J connectivity index is 2.52. The van der Waals surface area contributed by atoms with E-state index in [4.69, 9.17) is 5.73 Å². The summed E-state index contributed by atoms with van der Waals surface area (Å²) in [5.74, 6) is 0.745. The normalized spacial score (nSPS) is 16.8. The third-order valence-electron chi connectivity index (χ3n) is 2.85. The molecule has 1 aromatic rings. The Morgan fingerprint density at radius 2 is 1.86 bits per heavy atom. The molecule has 0 saturated carbocycles. The zero-order valence-electron chi connectivity index (χ0n) is 9.30. The number of nitrogen functional groups attached to an aromatic ring is 1. The fourth-order valence-electron chi connectivity index (χ4n) is 2.18. The monoisotopic (exact) mass is 193 g/mol. The highest BCUT2D eigenvalue weighted by atomic mass is 15.3. The van der Waals surface area contributed by atoms with E-state index in [1.54, 1.807) is 0 Å². The van der Waals surface area contributed by atoms with E-state index in [0.717, 1.165) is 18.7 Å². The first kappa shape index (κ1) is 9.56. The Labute approximate surface area is 85.3 Å². The molecule has 0 aliphatic heterocycles. The van der Waals surface area contributed by atoms with Crippen LogP contribution >= 0.6 is 0 Å². The predicted molar refractivity (Wildman–Crippen MR) is 58.3 cm³/mol. The molecule has 1 heterocycles. The highest BCUT2D eigenvalue weighted by molar-refractivity contribution is 5.44. The zero-order chi connectivity index (χ0) is 10.3. The molecular weight excluding hydrogens is 174 g/mol. The Hall–Kier alpha value is -0.990. The van der Waals surface area contributed by atoms with Gasteiger partial charge in [0.2, 0.25) is 0 Å². The molecule has 2 rings (SSSR count). The van der Waals surface area contributed by atoms with Gasteiger partial charge in [0.15, 0.2) is 0 Å². The topological polar surface area (TPSA) is 43.8 Å². The molecule has 0 amide bonds. The average molecular weight is 193 g/mol. The largest absolute Gasteiger partial charge is 0.382 e. The fourth-order valence-corrected chi connectivity index (χ4v) is 2.18. The standard InChI is InChI=1S/C11H19N3/c1-11(2,3)14-9-7-5-4-6-8(9)10(12)13-14/h4-7H2,1-3H3,(H2,12,13). The molecule has 78 valence electrons. The molecule has 0 radical (unpaired) electrons. The second-order valence-corrected chi connectivity index (χ2v) is 5.10. The second-order valence-electron chi connectivity index (χ2n) is 5.10. The summed E-state index contributed by atoms with van der Waals surface area (Å²) in [4.78, 5) is 0. The fraction of sp³-hybridized carbons (Fsp3) is 0.727. The lowest BCUT2D eigenvalue weighted by Gasteiger charge is -2.24. The molecule has 0 fully saturated rings.